The van der Waals surface area contributed by atoms with E-state index in [4.69, 9.17) is 22.4 Å². The van der Waals surface area contributed by atoms with Crippen molar-refractivity contribution in [1.29, 1.82) is 5.41 Å². The SMILES string of the molecule is C=CCc1c(OCCCC(=S)C=N)ccc(C(C)=O)c1O. The highest BCUT2D eigenvalue weighted by molar-refractivity contribution is 7.81. The van der Waals surface area contributed by atoms with E-state index in [0.717, 1.165) is 6.21 Å². The van der Waals surface area contributed by atoms with Crippen LogP contribution < -0.4 is 4.74 Å². The van der Waals surface area contributed by atoms with Crippen molar-refractivity contribution in [3.05, 3.63) is 35.9 Å². The number of ketones is 1. The Labute approximate surface area is 130 Å². The van der Waals surface area contributed by atoms with Crippen LogP contribution in [-0.2, 0) is 6.42 Å². The Hall–Kier alpha value is -2.01. The lowest BCUT2D eigenvalue weighted by atomic mass is 10.0. The van der Waals surface area contributed by atoms with Gasteiger partial charge in [-0.25, -0.2) is 0 Å². The summed E-state index contributed by atoms with van der Waals surface area (Å²) in [7, 11) is 0. The normalized spacial score (nSPS) is 9.95. The van der Waals surface area contributed by atoms with Gasteiger partial charge in [0.2, 0.25) is 0 Å². The summed E-state index contributed by atoms with van der Waals surface area (Å²) in [6.45, 7) is 5.49. The van der Waals surface area contributed by atoms with E-state index < -0.39 is 0 Å². The molecule has 0 saturated heterocycles. The molecule has 2 N–H and O–H groups in total. The van der Waals surface area contributed by atoms with Crippen LogP contribution in [0.25, 0.3) is 0 Å². The quantitative estimate of drug-likeness (QED) is 0.241. The van der Waals surface area contributed by atoms with Crippen molar-refractivity contribution in [3.63, 3.8) is 0 Å². The summed E-state index contributed by atoms with van der Waals surface area (Å²) in [5.41, 5.74) is 0.844. The maximum atomic E-state index is 11.4. The van der Waals surface area contributed by atoms with E-state index in [1.54, 1.807) is 18.2 Å². The Morgan fingerprint density at radius 2 is 2.24 bits per heavy atom. The van der Waals surface area contributed by atoms with Crippen molar-refractivity contribution in [2.75, 3.05) is 6.61 Å². The number of rotatable bonds is 9. The first-order valence-corrected chi connectivity index (χ1v) is 7.04. The number of phenols is 1. The first-order chi connectivity index (χ1) is 10.0. The number of carbonyl (C=O) groups is 1. The Balaban J connectivity index is 2.84. The van der Waals surface area contributed by atoms with Gasteiger partial charge in [-0.05, 0) is 38.3 Å². The number of nitrogens with one attached hydrogen (secondary N) is 1. The zero-order chi connectivity index (χ0) is 15.8. The number of ether oxygens (including phenoxy) is 1. The molecule has 1 aromatic carbocycles. The minimum Gasteiger partial charge on any atom is -0.507 e. The molecule has 0 heterocycles. The number of benzene rings is 1. The molecule has 112 valence electrons. The number of carbonyl (C=O) groups excluding carboxylic acids is 1. The summed E-state index contributed by atoms with van der Waals surface area (Å²) in [5.74, 6) is 0.300. The van der Waals surface area contributed by atoms with Gasteiger partial charge in [0.15, 0.2) is 5.78 Å². The number of aromatic hydroxyl groups is 1. The number of hydrogen-bond donors (Lipinski definition) is 2. The molecule has 0 bridgehead atoms. The molecule has 0 amide bonds. The van der Waals surface area contributed by atoms with Crippen LogP contribution in [-0.4, -0.2) is 28.6 Å². The molecule has 1 aromatic rings. The van der Waals surface area contributed by atoms with Gasteiger partial charge in [-0.3, -0.25) is 4.79 Å². The van der Waals surface area contributed by atoms with Crippen LogP contribution in [0.15, 0.2) is 24.8 Å². The lowest BCUT2D eigenvalue weighted by molar-refractivity contribution is 0.101. The third-order valence-corrected chi connectivity index (χ3v) is 3.28. The molecular formula is C16H19NO3S. The van der Waals surface area contributed by atoms with Crippen molar-refractivity contribution >= 4 is 29.1 Å². The molecule has 0 fully saturated rings. The molecule has 0 radical (unpaired) electrons. The van der Waals surface area contributed by atoms with Gasteiger partial charge in [0.1, 0.15) is 11.5 Å². The molecule has 0 aliphatic heterocycles. The Morgan fingerprint density at radius 3 is 2.81 bits per heavy atom. The number of Topliss-reactive ketones (excluding diaryl/α,β-unsaturated/α-hetero) is 1. The van der Waals surface area contributed by atoms with Crippen molar-refractivity contribution in [2.45, 2.75) is 26.2 Å². The Kier molecular flexibility index (Phi) is 6.75. The summed E-state index contributed by atoms with van der Waals surface area (Å²) < 4.78 is 5.65. The van der Waals surface area contributed by atoms with Crippen molar-refractivity contribution in [1.82, 2.24) is 0 Å². The standard InChI is InChI=1S/C16H19NO3S/c1-3-5-14-15(20-9-4-6-12(21)10-17)8-7-13(11(2)18)16(14)19/h3,7-8,10,17,19H,1,4-6,9H2,2H3. The van der Waals surface area contributed by atoms with Gasteiger partial charge in [-0.1, -0.05) is 18.3 Å². The molecular weight excluding hydrogens is 286 g/mol. The van der Waals surface area contributed by atoms with E-state index in [1.807, 2.05) is 0 Å². The molecule has 0 unspecified atom stereocenters. The van der Waals surface area contributed by atoms with E-state index in [9.17, 15) is 9.90 Å². The largest absolute Gasteiger partial charge is 0.507 e. The minimum atomic E-state index is -0.194. The van der Waals surface area contributed by atoms with Crippen LogP contribution in [0.3, 0.4) is 0 Å². The van der Waals surface area contributed by atoms with E-state index in [0.29, 0.717) is 42.0 Å². The average molecular weight is 305 g/mol. The lowest BCUT2D eigenvalue weighted by Crippen LogP contribution is -2.05. The summed E-state index contributed by atoms with van der Waals surface area (Å²) in [4.78, 5) is 12.0. The highest BCUT2D eigenvalue weighted by Gasteiger charge is 2.15. The lowest BCUT2D eigenvalue weighted by Gasteiger charge is -2.14. The van der Waals surface area contributed by atoms with Gasteiger partial charge in [-0.2, -0.15) is 0 Å². The second kappa shape index (κ2) is 8.32. The molecule has 1 rings (SSSR count). The van der Waals surface area contributed by atoms with E-state index in [1.165, 1.54) is 6.92 Å². The number of allylic oxidation sites excluding steroid dienone is 1. The smallest absolute Gasteiger partial charge is 0.163 e. The van der Waals surface area contributed by atoms with Crippen LogP contribution in [0.4, 0.5) is 0 Å². The predicted octanol–water partition coefficient (Wildman–Crippen LogP) is 3.50. The molecule has 0 saturated carbocycles. The molecule has 0 spiro atoms. The highest BCUT2D eigenvalue weighted by Crippen LogP contribution is 2.32. The summed E-state index contributed by atoms with van der Waals surface area (Å²) >= 11 is 4.93. The zero-order valence-corrected chi connectivity index (χ0v) is 12.8. The summed E-state index contributed by atoms with van der Waals surface area (Å²) in [5, 5.41) is 17.2. The van der Waals surface area contributed by atoms with Gasteiger partial charge in [0.05, 0.1) is 12.2 Å². The monoisotopic (exact) mass is 305 g/mol. The fourth-order valence-corrected chi connectivity index (χ4v) is 2.02. The average Bonchev–Trinajstić information content (AvgIpc) is 2.46. The maximum Gasteiger partial charge on any atom is 0.163 e. The summed E-state index contributed by atoms with van der Waals surface area (Å²) in [6.07, 6.45) is 4.53. The maximum absolute atomic E-state index is 11.4. The summed E-state index contributed by atoms with van der Waals surface area (Å²) in [6, 6.07) is 3.24. The number of thiocarbonyl (C=S) groups is 1. The fourth-order valence-electron chi connectivity index (χ4n) is 1.88. The Morgan fingerprint density at radius 1 is 1.52 bits per heavy atom. The molecule has 5 heteroatoms. The van der Waals surface area contributed by atoms with Crippen LogP contribution >= 0.6 is 12.2 Å². The third-order valence-electron chi connectivity index (χ3n) is 2.95. The number of phenolic OH excluding ortho intramolecular Hbond substituents is 1. The fraction of sp³-hybridized carbons (Fsp3) is 0.312. The van der Waals surface area contributed by atoms with Crippen LogP contribution in [0.1, 0.15) is 35.7 Å². The van der Waals surface area contributed by atoms with Crippen LogP contribution in [0.5, 0.6) is 11.5 Å². The van der Waals surface area contributed by atoms with Crippen LogP contribution in [0, 0.1) is 5.41 Å². The van der Waals surface area contributed by atoms with E-state index in [-0.39, 0.29) is 17.1 Å². The molecule has 4 nitrogen and oxygen atoms in total. The Bertz CT molecular complexity index is 567. The second-order valence-electron chi connectivity index (χ2n) is 4.55. The van der Waals surface area contributed by atoms with Gasteiger partial charge in [0.25, 0.3) is 0 Å². The number of hydrogen-bond acceptors (Lipinski definition) is 5. The minimum absolute atomic E-state index is 0.0464. The first-order valence-electron chi connectivity index (χ1n) is 6.64. The highest BCUT2D eigenvalue weighted by atomic mass is 32.1. The molecule has 0 atom stereocenters. The molecule has 21 heavy (non-hydrogen) atoms. The third kappa shape index (κ3) is 4.79. The second-order valence-corrected chi connectivity index (χ2v) is 5.07. The molecule has 0 aliphatic rings. The molecule has 0 aromatic heterocycles. The first kappa shape index (κ1) is 17.0. The topological polar surface area (TPSA) is 70.4 Å². The van der Waals surface area contributed by atoms with Crippen molar-refractivity contribution < 1.29 is 14.6 Å². The van der Waals surface area contributed by atoms with Gasteiger partial charge < -0.3 is 15.3 Å². The van der Waals surface area contributed by atoms with Crippen LogP contribution in [0.2, 0.25) is 0 Å². The zero-order valence-electron chi connectivity index (χ0n) is 12.0. The van der Waals surface area contributed by atoms with Gasteiger partial charge >= 0.3 is 0 Å². The van der Waals surface area contributed by atoms with E-state index >= 15 is 0 Å². The van der Waals surface area contributed by atoms with Crippen molar-refractivity contribution in [3.8, 4) is 11.5 Å². The van der Waals surface area contributed by atoms with Gasteiger partial charge in [0, 0.05) is 16.6 Å². The predicted molar refractivity (Wildman–Crippen MR) is 88.1 cm³/mol. The van der Waals surface area contributed by atoms with E-state index in [2.05, 4.69) is 6.58 Å². The molecule has 0 aliphatic carbocycles. The van der Waals surface area contributed by atoms with Crippen molar-refractivity contribution in [2.24, 2.45) is 0 Å². The van der Waals surface area contributed by atoms with Gasteiger partial charge in [-0.15, -0.1) is 6.58 Å².